The average Bonchev–Trinajstić information content (AvgIpc) is 2.59. The molecular weight excluding hydrogens is 346 g/mol. The number of hydrogen-bond acceptors (Lipinski definition) is 6. The van der Waals surface area contributed by atoms with Gasteiger partial charge in [-0.15, -0.1) is 0 Å². The first-order chi connectivity index (χ1) is 11.9. The Morgan fingerprint density at radius 3 is 2.56 bits per heavy atom. The molecule has 134 valence electrons. The van der Waals surface area contributed by atoms with Gasteiger partial charge >= 0.3 is 6.16 Å². The lowest BCUT2D eigenvalue weighted by molar-refractivity contribution is 0.0885. The smallest absolute Gasteiger partial charge is 0.495 e. The molecule has 0 aliphatic heterocycles. The van der Waals surface area contributed by atoms with Crippen LogP contribution in [0.4, 0.5) is 4.79 Å². The standard InChI is InChI=1S/C18H20ClNO5/c1-5-13(21)12-8-15(25-18(22)24-9-10(2)3)11-6-7-14(23-4)16(19)17(11)20-12/h6-8,10H,5,9H2,1-4H3. The van der Waals surface area contributed by atoms with Crippen LogP contribution in [0, 0.1) is 5.92 Å². The number of rotatable bonds is 6. The number of nitrogens with zero attached hydrogens (tertiary/aromatic N) is 1. The summed E-state index contributed by atoms with van der Waals surface area (Å²) in [7, 11) is 1.48. The average molecular weight is 366 g/mol. The highest BCUT2D eigenvalue weighted by molar-refractivity contribution is 6.36. The minimum atomic E-state index is -0.844. The molecular formula is C18H20ClNO5. The number of hydrogen-bond donors (Lipinski definition) is 0. The van der Waals surface area contributed by atoms with Crippen LogP contribution in [0.25, 0.3) is 10.9 Å². The second-order valence-corrected chi connectivity index (χ2v) is 6.20. The summed E-state index contributed by atoms with van der Waals surface area (Å²) in [4.78, 5) is 28.3. The number of ketones is 1. The maximum absolute atomic E-state index is 12.1. The Balaban J connectivity index is 2.51. The molecule has 2 aromatic rings. The first kappa shape index (κ1) is 19.0. The fraction of sp³-hybridized carbons (Fsp3) is 0.389. The third-order valence-corrected chi connectivity index (χ3v) is 3.77. The quantitative estimate of drug-likeness (QED) is 0.547. The summed E-state index contributed by atoms with van der Waals surface area (Å²) < 4.78 is 15.5. The molecule has 0 saturated heterocycles. The van der Waals surface area contributed by atoms with Gasteiger partial charge in [-0.2, -0.15) is 0 Å². The van der Waals surface area contributed by atoms with E-state index in [0.29, 0.717) is 16.7 Å². The Kier molecular flexibility index (Phi) is 6.20. The number of methoxy groups -OCH3 is 1. The largest absolute Gasteiger partial charge is 0.513 e. The van der Waals surface area contributed by atoms with Gasteiger partial charge in [-0.3, -0.25) is 4.79 Å². The number of ether oxygens (including phenoxy) is 3. The van der Waals surface area contributed by atoms with Crippen molar-refractivity contribution < 1.29 is 23.8 Å². The van der Waals surface area contributed by atoms with Crippen LogP contribution in [0.2, 0.25) is 5.02 Å². The molecule has 1 aromatic carbocycles. The molecule has 0 radical (unpaired) electrons. The van der Waals surface area contributed by atoms with Gasteiger partial charge in [0.05, 0.1) is 19.2 Å². The highest BCUT2D eigenvalue weighted by Crippen LogP contribution is 2.36. The van der Waals surface area contributed by atoms with E-state index in [2.05, 4.69) is 4.98 Å². The molecule has 1 aromatic heterocycles. The van der Waals surface area contributed by atoms with Crippen LogP contribution < -0.4 is 9.47 Å². The number of benzene rings is 1. The van der Waals surface area contributed by atoms with Crippen LogP contribution in [0.5, 0.6) is 11.5 Å². The Bertz CT molecular complexity index is 804. The normalized spacial score (nSPS) is 10.8. The number of Topliss-reactive ketones (excluding diaryl/α,β-unsaturated/α-hetero) is 1. The molecule has 0 aliphatic carbocycles. The second-order valence-electron chi connectivity index (χ2n) is 5.82. The SMILES string of the molecule is CCC(=O)c1cc(OC(=O)OCC(C)C)c2ccc(OC)c(Cl)c2n1. The van der Waals surface area contributed by atoms with Crippen molar-refractivity contribution in [2.45, 2.75) is 27.2 Å². The van der Waals surface area contributed by atoms with Crippen molar-refractivity contribution in [2.75, 3.05) is 13.7 Å². The predicted octanol–water partition coefficient (Wildman–Crippen LogP) is 4.66. The summed E-state index contributed by atoms with van der Waals surface area (Å²) in [5.74, 6) is 0.565. The Morgan fingerprint density at radius 1 is 1.24 bits per heavy atom. The van der Waals surface area contributed by atoms with E-state index in [0.717, 1.165) is 0 Å². The minimum absolute atomic E-state index is 0.164. The third-order valence-electron chi connectivity index (χ3n) is 3.40. The predicted molar refractivity (Wildman–Crippen MR) is 94.7 cm³/mol. The van der Waals surface area contributed by atoms with Gasteiger partial charge in [0.2, 0.25) is 0 Å². The monoisotopic (exact) mass is 365 g/mol. The molecule has 25 heavy (non-hydrogen) atoms. The lowest BCUT2D eigenvalue weighted by atomic mass is 10.1. The van der Waals surface area contributed by atoms with Crippen molar-refractivity contribution >= 4 is 34.4 Å². The molecule has 0 bridgehead atoms. The van der Waals surface area contributed by atoms with E-state index >= 15 is 0 Å². The molecule has 6 nitrogen and oxygen atoms in total. The third kappa shape index (κ3) is 4.39. The zero-order chi connectivity index (χ0) is 18.6. The fourth-order valence-corrected chi connectivity index (χ4v) is 2.41. The molecule has 0 atom stereocenters. The zero-order valence-corrected chi connectivity index (χ0v) is 15.3. The van der Waals surface area contributed by atoms with Crippen molar-refractivity contribution in [3.63, 3.8) is 0 Å². The van der Waals surface area contributed by atoms with Crippen LogP contribution in [0.1, 0.15) is 37.7 Å². The van der Waals surface area contributed by atoms with Gasteiger partial charge in [-0.1, -0.05) is 32.4 Å². The van der Waals surface area contributed by atoms with E-state index in [1.54, 1.807) is 19.1 Å². The maximum atomic E-state index is 12.1. The first-order valence-corrected chi connectivity index (χ1v) is 8.30. The van der Waals surface area contributed by atoms with Crippen molar-refractivity contribution in [1.82, 2.24) is 4.98 Å². The first-order valence-electron chi connectivity index (χ1n) is 7.92. The van der Waals surface area contributed by atoms with Crippen LogP contribution in [-0.4, -0.2) is 30.6 Å². The number of fused-ring (bicyclic) bond motifs is 1. The molecule has 0 N–H and O–H groups in total. The van der Waals surface area contributed by atoms with Gasteiger partial charge in [0, 0.05) is 17.9 Å². The van der Waals surface area contributed by atoms with Crippen molar-refractivity contribution in [3.05, 3.63) is 28.9 Å². The molecule has 0 amide bonds. The van der Waals surface area contributed by atoms with E-state index < -0.39 is 6.16 Å². The lowest BCUT2D eigenvalue weighted by Gasteiger charge is -2.12. The summed E-state index contributed by atoms with van der Waals surface area (Å²) in [6, 6.07) is 4.73. The lowest BCUT2D eigenvalue weighted by Crippen LogP contribution is -2.15. The Hall–Kier alpha value is -2.34. The van der Waals surface area contributed by atoms with Crippen LogP contribution in [-0.2, 0) is 4.74 Å². The van der Waals surface area contributed by atoms with Crippen molar-refractivity contribution in [1.29, 1.82) is 0 Å². The molecule has 2 rings (SSSR count). The molecule has 0 unspecified atom stereocenters. The van der Waals surface area contributed by atoms with E-state index in [4.69, 9.17) is 25.8 Å². The van der Waals surface area contributed by atoms with Gasteiger partial charge in [0.15, 0.2) is 5.78 Å². The minimum Gasteiger partial charge on any atom is -0.495 e. The van der Waals surface area contributed by atoms with Crippen molar-refractivity contribution in [2.24, 2.45) is 5.92 Å². The Labute approximate surface area is 151 Å². The second kappa shape index (κ2) is 8.16. The van der Waals surface area contributed by atoms with Gasteiger partial charge in [0.1, 0.15) is 22.2 Å². The molecule has 0 aliphatic rings. The zero-order valence-electron chi connectivity index (χ0n) is 14.6. The summed E-state index contributed by atoms with van der Waals surface area (Å²) >= 11 is 6.30. The van der Waals surface area contributed by atoms with E-state index in [9.17, 15) is 9.59 Å². The van der Waals surface area contributed by atoms with Crippen LogP contribution in [0.15, 0.2) is 18.2 Å². The van der Waals surface area contributed by atoms with E-state index in [1.165, 1.54) is 13.2 Å². The summed E-state index contributed by atoms with van der Waals surface area (Å²) in [5.41, 5.74) is 0.490. The number of carbonyl (C=O) groups excluding carboxylic acids is 2. The van der Waals surface area contributed by atoms with Crippen molar-refractivity contribution in [3.8, 4) is 11.5 Å². The number of halogens is 1. The summed E-state index contributed by atoms with van der Waals surface area (Å²) in [6.07, 6.45) is -0.583. The van der Waals surface area contributed by atoms with E-state index in [1.807, 2.05) is 13.8 Å². The molecule has 0 spiro atoms. The van der Waals surface area contributed by atoms with Gasteiger partial charge in [0.25, 0.3) is 0 Å². The molecule has 7 heteroatoms. The van der Waals surface area contributed by atoms with Gasteiger partial charge in [-0.05, 0) is 18.1 Å². The summed E-state index contributed by atoms with van der Waals surface area (Å²) in [5, 5.41) is 0.728. The number of pyridine rings is 1. The van der Waals surface area contributed by atoms with Crippen LogP contribution >= 0.6 is 11.6 Å². The highest BCUT2D eigenvalue weighted by Gasteiger charge is 2.18. The molecule has 0 fully saturated rings. The fourth-order valence-electron chi connectivity index (χ4n) is 2.13. The number of aromatic nitrogens is 1. The highest BCUT2D eigenvalue weighted by atomic mass is 35.5. The molecule has 1 heterocycles. The number of carbonyl (C=O) groups is 2. The Morgan fingerprint density at radius 2 is 1.96 bits per heavy atom. The van der Waals surface area contributed by atoms with Crippen LogP contribution in [0.3, 0.4) is 0 Å². The topological polar surface area (TPSA) is 74.7 Å². The summed E-state index contributed by atoms with van der Waals surface area (Å²) in [6.45, 7) is 5.79. The van der Waals surface area contributed by atoms with Gasteiger partial charge in [-0.25, -0.2) is 9.78 Å². The van der Waals surface area contributed by atoms with E-state index in [-0.39, 0.29) is 41.2 Å². The molecule has 0 saturated carbocycles. The van der Waals surface area contributed by atoms with Gasteiger partial charge < -0.3 is 14.2 Å². The maximum Gasteiger partial charge on any atom is 0.513 e.